The Morgan fingerprint density at radius 3 is 2.69 bits per heavy atom. The normalized spacial score (nSPS) is 19.1. The molecule has 3 aliphatic rings. The van der Waals surface area contributed by atoms with Crippen molar-refractivity contribution in [2.75, 3.05) is 31.2 Å². The van der Waals surface area contributed by atoms with Crippen molar-refractivity contribution in [2.45, 2.75) is 5.54 Å². The van der Waals surface area contributed by atoms with Gasteiger partial charge in [-0.2, -0.15) is 4.39 Å². The van der Waals surface area contributed by atoms with E-state index in [1.54, 1.807) is 42.6 Å². The molecule has 1 amide bonds. The van der Waals surface area contributed by atoms with E-state index < -0.39 is 23.4 Å². The highest BCUT2D eigenvalue weighted by Crippen LogP contribution is 2.56. The molecular formula is C27H20F2N6O4. The molecule has 1 spiro atoms. The predicted octanol–water partition coefficient (Wildman–Crippen LogP) is 3.94. The number of carboxylic acid groups (broad SMARTS) is 1. The summed E-state index contributed by atoms with van der Waals surface area (Å²) in [6.07, 6.45) is 3.12. The number of hydrogen-bond acceptors (Lipinski definition) is 7. The minimum Gasteiger partial charge on any atom is -0.465 e. The molecule has 0 bridgehead atoms. The first-order chi connectivity index (χ1) is 19.0. The average molecular weight is 530 g/mol. The largest absolute Gasteiger partial charge is 0.465 e. The second-order valence-corrected chi connectivity index (χ2v) is 9.26. The van der Waals surface area contributed by atoms with E-state index in [2.05, 4.69) is 15.3 Å². The first-order valence-corrected chi connectivity index (χ1v) is 12.2. The summed E-state index contributed by atoms with van der Waals surface area (Å²) in [6.45, 7) is 2.13. The number of ether oxygens (including phenoxy) is 2. The Morgan fingerprint density at radius 1 is 1.05 bits per heavy atom. The van der Waals surface area contributed by atoms with Crippen LogP contribution in [0.15, 0.2) is 66.0 Å². The van der Waals surface area contributed by atoms with E-state index in [1.807, 2.05) is 4.90 Å². The number of pyridine rings is 1. The van der Waals surface area contributed by atoms with Crippen molar-refractivity contribution in [2.24, 2.45) is 4.99 Å². The van der Waals surface area contributed by atoms with Crippen LogP contribution < -0.4 is 15.0 Å². The molecular weight excluding hydrogens is 510 g/mol. The fraction of sp³-hybridized carbons (Fsp3) is 0.185. The molecule has 0 saturated carbocycles. The van der Waals surface area contributed by atoms with Crippen LogP contribution in [0.5, 0.6) is 11.5 Å². The van der Waals surface area contributed by atoms with Crippen LogP contribution in [0.4, 0.5) is 19.3 Å². The lowest BCUT2D eigenvalue weighted by molar-refractivity contribution is 0.122. The fourth-order valence-electron chi connectivity index (χ4n) is 5.43. The molecule has 3 aliphatic heterocycles. The third-order valence-corrected chi connectivity index (χ3v) is 7.13. The third kappa shape index (κ3) is 3.48. The molecule has 0 radical (unpaired) electrons. The van der Waals surface area contributed by atoms with Gasteiger partial charge in [-0.15, -0.1) is 0 Å². The number of fused-ring (bicyclic) bond motifs is 6. The van der Waals surface area contributed by atoms with E-state index in [-0.39, 0.29) is 23.0 Å². The van der Waals surface area contributed by atoms with Gasteiger partial charge in [0, 0.05) is 60.1 Å². The van der Waals surface area contributed by atoms with Crippen LogP contribution >= 0.6 is 0 Å². The van der Waals surface area contributed by atoms with Crippen LogP contribution in [0.25, 0.3) is 11.1 Å². The highest BCUT2D eigenvalue weighted by atomic mass is 19.1. The first-order valence-electron chi connectivity index (χ1n) is 12.2. The van der Waals surface area contributed by atoms with Gasteiger partial charge in [-0.05, 0) is 35.9 Å². The van der Waals surface area contributed by atoms with Crippen LogP contribution in [0.3, 0.4) is 0 Å². The van der Waals surface area contributed by atoms with Crippen LogP contribution in [0, 0.1) is 11.8 Å². The number of hydrogen-bond donors (Lipinski definition) is 2. The number of amides is 1. The summed E-state index contributed by atoms with van der Waals surface area (Å²) in [4.78, 5) is 26.8. The minimum atomic E-state index is -1.50. The van der Waals surface area contributed by atoms with Gasteiger partial charge in [-0.1, -0.05) is 6.07 Å². The summed E-state index contributed by atoms with van der Waals surface area (Å²) < 4.78 is 43.6. The molecule has 10 nitrogen and oxygen atoms in total. The predicted molar refractivity (Wildman–Crippen MR) is 135 cm³/mol. The maximum Gasteiger partial charge on any atom is 0.411 e. The molecule has 1 atom stereocenters. The molecule has 2 aromatic carbocycles. The second-order valence-electron chi connectivity index (χ2n) is 9.26. The maximum absolute atomic E-state index is 15.8. The zero-order valence-electron chi connectivity index (χ0n) is 20.3. The van der Waals surface area contributed by atoms with Gasteiger partial charge in [0.15, 0.2) is 22.9 Å². The number of aromatic nitrogens is 3. The molecule has 2 aromatic heterocycles. The number of nitrogens with zero attached hydrogens (tertiary/aromatic N) is 5. The summed E-state index contributed by atoms with van der Waals surface area (Å²) in [6, 6.07) is 11.4. The van der Waals surface area contributed by atoms with Crippen molar-refractivity contribution < 1.29 is 28.2 Å². The lowest BCUT2D eigenvalue weighted by Crippen LogP contribution is -2.37. The number of carbonyl (C=O) groups is 1. The third-order valence-electron chi connectivity index (χ3n) is 7.13. The summed E-state index contributed by atoms with van der Waals surface area (Å²) in [5, 5.41) is 11.8. The topological polar surface area (TPSA) is 114 Å². The summed E-state index contributed by atoms with van der Waals surface area (Å²) in [7, 11) is 0. The van der Waals surface area contributed by atoms with Gasteiger partial charge in [-0.3, -0.25) is 9.88 Å². The number of halogens is 2. The van der Waals surface area contributed by atoms with Crippen molar-refractivity contribution in [3.05, 3.63) is 89.8 Å². The molecule has 2 N–H and O–H groups in total. The number of rotatable bonds is 2. The Kier molecular flexibility index (Phi) is 5.13. The summed E-state index contributed by atoms with van der Waals surface area (Å²) in [5.41, 5.74) is 0.636. The van der Waals surface area contributed by atoms with E-state index >= 15 is 4.39 Å². The molecule has 196 valence electrons. The van der Waals surface area contributed by atoms with E-state index in [1.165, 1.54) is 23.0 Å². The van der Waals surface area contributed by atoms with Crippen molar-refractivity contribution in [1.82, 2.24) is 19.9 Å². The highest BCUT2D eigenvalue weighted by Gasteiger charge is 2.52. The number of anilines is 1. The highest BCUT2D eigenvalue weighted by molar-refractivity contribution is 5.98. The summed E-state index contributed by atoms with van der Waals surface area (Å²) in [5.74, 6) is -0.704. The van der Waals surface area contributed by atoms with Gasteiger partial charge in [0.2, 0.25) is 11.9 Å². The van der Waals surface area contributed by atoms with Crippen molar-refractivity contribution in [1.29, 1.82) is 0 Å². The van der Waals surface area contributed by atoms with Crippen molar-refractivity contribution >= 4 is 17.7 Å². The Labute approximate surface area is 220 Å². The van der Waals surface area contributed by atoms with E-state index in [9.17, 15) is 14.3 Å². The molecule has 0 aliphatic carbocycles. The van der Waals surface area contributed by atoms with Crippen LogP contribution in [-0.2, 0) is 10.3 Å². The lowest BCUT2D eigenvalue weighted by atomic mass is 9.79. The SMILES string of the molecule is O=C(O)NC1=NC2(c3cc(-c4cccnc4F)ccc3Oc3c(F)cc(N4CCOCC4)cc32)c2nccn21. The number of benzene rings is 2. The quantitative estimate of drug-likeness (QED) is 0.378. The molecule has 5 heterocycles. The zero-order valence-corrected chi connectivity index (χ0v) is 20.3. The molecule has 4 aromatic rings. The Balaban J connectivity index is 1.52. The van der Waals surface area contributed by atoms with E-state index in [0.29, 0.717) is 54.5 Å². The number of morpholine rings is 1. The summed E-state index contributed by atoms with van der Waals surface area (Å²) >= 11 is 0. The Morgan fingerprint density at radius 2 is 1.90 bits per heavy atom. The molecule has 7 rings (SSSR count). The number of aliphatic imine (C=N–C) groups is 1. The molecule has 1 unspecified atom stereocenters. The number of nitrogens with one attached hydrogen (secondary N) is 1. The van der Waals surface area contributed by atoms with Crippen molar-refractivity contribution in [3.8, 4) is 22.6 Å². The van der Waals surface area contributed by atoms with Gasteiger partial charge in [0.05, 0.1) is 13.2 Å². The van der Waals surface area contributed by atoms with Crippen LogP contribution in [-0.4, -0.2) is 58.0 Å². The lowest BCUT2D eigenvalue weighted by Gasteiger charge is -2.36. The van der Waals surface area contributed by atoms with Gasteiger partial charge >= 0.3 is 6.09 Å². The van der Waals surface area contributed by atoms with E-state index in [4.69, 9.17) is 14.5 Å². The zero-order chi connectivity index (χ0) is 26.7. The van der Waals surface area contributed by atoms with Crippen LogP contribution in [0.1, 0.15) is 17.0 Å². The van der Waals surface area contributed by atoms with Gasteiger partial charge in [0.1, 0.15) is 5.75 Å². The van der Waals surface area contributed by atoms with Gasteiger partial charge in [-0.25, -0.2) is 24.1 Å². The monoisotopic (exact) mass is 530 g/mol. The molecule has 1 saturated heterocycles. The fourth-order valence-corrected chi connectivity index (χ4v) is 5.43. The van der Waals surface area contributed by atoms with Crippen LogP contribution in [0.2, 0.25) is 0 Å². The molecule has 1 fully saturated rings. The standard InChI is InChI=1S/C27H20F2N6O4/c28-20-14-16(34-8-10-38-11-9-34)13-19-22(20)39-21-4-3-15(17-2-1-5-30-23(17)29)12-18(21)27(19)24-31-6-7-35(24)25(33-27)32-26(36)37/h1-7,12-14H,8-11H2,(H,32,33)(H,36,37). The molecule has 39 heavy (non-hydrogen) atoms. The Bertz CT molecular complexity index is 1680. The van der Waals surface area contributed by atoms with E-state index in [0.717, 1.165) is 0 Å². The first kappa shape index (κ1) is 23.3. The second kappa shape index (κ2) is 8.60. The number of imidazole rings is 1. The van der Waals surface area contributed by atoms with Gasteiger partial charge in [0.25, 0.3) is 0 Å². The smallest absolute Gasteiger partial charge is 0.411 e. The average Bonchev–Trinajstić information content (AvgIpc) is 3.54. The van der Waals surface area contributed by atoms with Gasteiger partial charge < -0.3 is 19.5 Å². The molecule has 12 heteroatoms. The maximum atomic E-state index is 15.8. The Hall–Kier alpha value is -4.84. The minimum absolute atomic E-state index is 0.0102. The van der Waals surface area contributed by atoms with Crippen molar-refractivity contribution in [3.63, 3.8) is 0 Å².